The third-order valence-electron chi connectivity index (χ3n) is 5.02. The number of carbonyl (C=O) groups is 1. The molecule has 4 rings (SSSR count). The molecular weight excluding hydrogens is 350 g/mol. The highest BCUT2D eigenvalue weighted by Crippen LogP contribution is 2.44. The van der Waals surface area contributed by atoms with E-state index in [1.54, 1.807) is 18.4 Å². The maximum atomic E-state index is 12.2. The predicted molar refractivity (Wildman–Crippen MR) is 103 cm³/mol. The lowest BCUT2D eigenvalue weighted by Gasteiger charge is -2.23. The summed E-state index contributed by atoms with van der Waals surface area (Å²) >= 11 is 1.58. The Kier molecular flexibility index (Phi) is 4.72. The molecule has 1 saturated carbocycles. The second-order valence-electron chi connectivity index (χ2n) is 6.72. The number of methoxy groups -OCH3 is 1. The number of anilines is 2. The van der Waals surface area contributed by atoms with E-state index in [9.17, 15) is 4.79 Å². The molecular formula is C19H23N3O3S. The van der Waals surface area contributed by atoms with Gasteiger partial charge in [-0.25, -0.2) is 4.98 Å². The molecule has 1 fully saturated rings. The van der Waals surface area contributed by atoms with Gasteiger partial charge in [0.25, 0.3) is 0 Å². The van der Waals surface area contributed by atoms with Crippen LogP contribution in [0, 0.1) is 0 Å². The first-order valence-corrected chi connectivity index (χ1v) is 9.82. The number of aromatic nitrogens is 1. The molecule has 0 bridgehead atoms. The Morgan fingerprint density at radius 1 is 1.27 bits per heavy atom. The molecule has 1 atom stereocenters. The van der Waals surface area contributed by atoms with E-state index in [0.717, 1.165) is 39.9 Å². The van der Waals surface area contributed by atoms with Crippen molar-refractivity contribution in [2.45, 2.75) is 44.1 Å². The van der Waals surface area contributed by atoms with E-state index in [1.807, 2.05) is 25.2 Å². The second-order valence-corrected chi connectivity index (χ2v) is 7.75. The smallest absolute Gasteiger partial charge is 0.226 e. The molecule has 1 aliphatic carbocycles. The zero-order valence-corrected chi connectivity index (χ0v) is 15.8. The summed E-state index contributed by atoms with van der Waals surface area (Å²) in [5, 5.41) is 6.74. The number of carbonyl (C=O) groups excluding carboxylic acids is 1. The quantitative estimate of drug-likeness (QED) is 0.829. The predicted octanol–water partition coefficient (Wildman–Crippen LogP) is 3.99. The summed E-state index contributed by atoms with van der Waals surface area (Å²) in [5.74, 6) is 2.14. The number of nitrogens with zero attached hydrogens (tertiary/aromatic N) is 1. The van der Waals surface area contributed by atoms with E-state index in [1.165, 1.54) is 12.8 Å². The minimum absolute atomic E-state index is 0.00969. The first kappa shape index (κ1) is 17.1. The molecule has 2 aliphatic rings. The number of thiazole rings is 1. The summed E-state index contributed by atoms with van der Waals surface area (Å²) < 4.78 is 11.7. The summed E-state index contributed by atoms with van der Waals surface area (Å²) in [7, 11) is 3.49. The molecule has 0 unspecified atom stereocenters. The van der Waals surface area contributed by atoms with Gasteiger partial charge in [0.2, 0.25) is 5.91 Å². The maximum absolute atomic E-state index is 12.2. The number of ether oxygens (including phenoxy) is 2. The zero-order chi connectivity index (χ0) is 18.1. The van der Waals surface area contributed by atoms with E-state index < -0.39 is 0 Å². The molecule has 26 heavy (non-hydrogen) atoms. The number of hydrogen-bond acceptors (Lipinski definition) is 6. The highest BCUT2D eigenvalue weighted by Gasteiger charge is 2.31. The van der Waals surface area contributed by atoms with Crippen LogP contribution in [0.3, 0.4) is 0 Å². The summed E-state index contributed by atoms with van der Waals surface area (Å²) in [6.45, 7) is 0. The van der Waals surface area contributed by atoms with Crippen molar-refractivity contribution in [1.82, 2.24) is 4.98 Å². The van der Waals surface area contributed by atoms with Crippen LogP contribution < -0.4 is 20.1 Å². The molecule has 0 radical (unpaired) electrons. The Hall–Kier alpha value is -2.28. The third-order valence-corrected chi connectivity index (χ3v) is 6.20. The number of fused-ring (bicyclic) bond motifs is 1. The van der Waals surface area contributed by atoms with Gasteiger partial charge in [-0.3, -0.25) is 4.79 Å². The number of benzene rings is 1. The first-order valence-electron chi connectivity index (χ1n) is 9.01. The monoisotopic (exact) mass is 373 g/mol. The van der Waals surface area contributed by atoms with E-state index in [4.69, 9.17) is 9.47 Å². The van der Waals surface area contributed by atoms with Crippen LogP contribution in [0.25, 0.3) is 0 Å². The Bertz CT molecular complexity index is 814. The molecule has 1 aliphatic heterocycles. The normalized spacial score (nSPS) is 19.8. The Morgan fingerprint density at radius 2 is 2.08 bits per heavy atom. The van der Waals surface area contributed by atoms with Gasteiger partial charge in [0.1, 0.15) is 5.82 Å². The lowest BCUT2D eigenvalue weighted by atomic mass is 9.91. The molecule has 1 aromatic carbocycles. The summed E-state index contributed by atoms with van der Waals surface area (Å²) in [6.07, 6.45) is 5.27. The van der Waals surface area contributed by atoms with Gasteiger partial charge in [0, 0.05) is 19.4 Å². The highest BCUT2D eigenvalue weighted by molar-refractivity contribution is 7.16. The van der Waals surface area contributed by atoms with E-state index >= 15 is 0 Å². The van der Waals surface area contributed by atoms with Crippen molar-refractivity contribution in [3.8, 4) is 11.5 Å². The van der Waals surface area contributed by atoms with Crippen LogP contribution >= 0.6 is 11.3 Å². The average molecular weight is 373 g/mol. The zero-order valence-electron chi connectivity index (χ0n) is 15.0. The second kappa shape index (κ2) is 7.15. The molecule has 2 aromatic rings. The Balaban J connectivity index is 1.69. The Morgan fingerprint density at radius 3 is 2.81 bits per heavy atom. The van der Waals surface area contributed by atoms with E-state index in [2.05, 4.69) is 15.6 Å². The van der Waals surface area contributed by atoms with Crippen molar-refractivity contribution >= 4 is 28.2 Å². The topological polar surface area (TPSA) is 72.5 Å². The van der Waals surface area contributed by atoms with Crippen molar-refractivity contribution in [1.29, 1.82) is 0 Å². The van der Waals surface area contributed by atoms with E-state index in [0.29, 0.717) is 12.2 Å². The number of nitrogens with one attached hydrogen (secondary N) is 2. The van der Waals surface area contributed by atoms with Crippen LogP contribution in [0.5, 0.6) is 11.5 Å². The lowest BCUT2D eigenvalue weighted by molar-refractivity contribution is -0.116. The average Bonchev–Trinajstić information content (AvgIpc) is 3.30. The van der Waals surface area contributed by atoms with Gasteiger partial charge < -0.3 is 20.1 Å². The van der Waals surface area contributed by atoms with Gasteiger partial charge >= 0.3 is 0 Å². The summed E-state index contributed by atoms with van der Waals surface area (Å²) in [4.78, 5) is 17.7. The molecule has 2 heterocycles. The molecule has 0 spiro atoms. The molecule has 138 valence electrons. The number of hydrogen-bond donors (Lipinski definition) is 2. The van der Waals surface area contributed by atoms with Crippen LogP contribution in [0.1, 0.15) is 48.5 Å². The third kappa shape index (κ3) is 3.23. The molecule has 6 nitrogen and oxygen atoms in total. The van der Waals surface area contributed by atoms with Crippen LogP contribution in [0.4, 0.5) is 10.9 Å². The fourth-order valence-electron chi connectivity index (χ4n) is 3.68. The summed E-state index contributed by atoms with van der Waals surface area (Å²) in [5.41, 5.74) is 1.06. The van der Waals surface area contributed by atoms with Crippen LogP contribution in [0.2, 0.25) is 0 Å². The van der Waals surface area contributed by atoms with Gasteiger partial charge in [-0.05, 0) is 43.4 Å². The fourth-order valence-corrected chi connectivity index (χ4v) is 4.69. The van der Waals surface area contributed by atoms with Crippen molar-refractivity contribution in [2.75, 3.05) is 24.8 Å². The van der Waals surface area contributed by atoms with Crippen LogP contribution in [0.15, 0.2) is 18.2 Å². The first-order chi connectivity index (χ1) is 12.7. The van der Waals surface area contributed by atoms with Crippen molar-refractivity contribution in [3.63, 3.8) is 0 Å². The van der Waals surface area contributed by atoms with Gasteiger partial charge in [0.05, 0.1) is 18.1 Å². The number of rotatable bonds is 5. The van der Waals surface area contributed by atoms with Crippen LogP contribution in [-0.4, -0.2) is 31.2 Å². The van der Waals surface area contributed by atoms with Gasteiger partial charge in [-0.2, -0.15) is 0 Å². The molecule has 2 N–H and O–H groups in total. The minimum Gasteiger partial charge on any atom is -0.493 e. The van der Waals surface area contributed by atoms with Crippen LogP contribution in [-0.2, 0) is 4.79 Å². The highest BCUT2D eigenvalue weighted by atomic mass is 32.1. The number of amides is 1. The van der Waals surface area contributed by atoms with E-state index in [-0.39, 0.29) is 17.9 Å². The SMILES string of the molecule is CNc1nc2c(s1)[C@H](c1ccc(OC)c(OC3CCCC3)c1)CC(=O)N2. The minimum atomic E-state index is -0.0183. The van der Waals surface area contributed by atoms with Gasteiger partial charge in [-0.15, -0.1) is 0 Å². The van der Waals surface area contributed by atoms with Gasteiger partial charge in [-0.1, -0.05) is 17.4 Å². The lowest BCUT2D eigenvalue weighted by Crippen LogP contribution is -2.22. The maximum Gasteiger partial charge on any atom is 0.226 e. The Labute approximate surface area is 156 Å². The fraction of sp³-hybridized carbons (Fsp3) is 0.474. The molecule has 7 heteroatoms. The largest absolute Gasteiger partial charge is 0.493 e. The van der Waals surface area contributed by atoms with Crippen molar-refractivity contribution in [2.24, 2.45) is 0 Å². The molecule has 1 aromatic heterocycles. The molecule has 1 amide bonds. The van der Waals surface area contributed by atoms with Crippen molar-refractivity contribution in [3.05, 3.63) is 28.6 Å². The molecule has 0 saturated heterocycles. The van der Waals surface area contributed by atoms with Gasteiger partial charge in [0.15, 0.2) is 16.6 Å². The summed E-state index contributed by atoms with van der Waals surface area (Å²) in [6, 6.07) is 5.99. The van der Waals surface area contributed by atoms with Crippen molar-refractivity contribution < 1.29 is 14.3 Å². The standard InChI is InChI=1S/C19H23N3O3S/c1-20-19-22-18-17(26-19)13(10-16(23)21-18)11-7-8-14(24-2)15(9-11)25-12-5-3-4-6-12/h7-9,12-13H,3-6,10H2,1-2H3,(H,20,22)(H,21,23)/t13-/m0/s1.